The highest BCUT2D eigenvalue weighted by Gasteiger charge is 2.26. The lowest BCUT2D eigenvalue weighted by atomic mass is 9.96. The van der Waals surface area contributed by atoms with Gasteiger partial charge in [-0.2, -0.15) is 0 Å². The van der Waals surface area contributed by atoms with Crippen molar-refractivity contribution in [1.29, 1.82) is 0 Å². The molecule has 1 saturated heterocycles. The highest BCUT2D eigenvalue weighted by Crippen LogP contribution is 2.25. The molecule has 4 rings (SSSR count). The second kappa shape index (κ2) is 9.30. The van der Waals surface area contributed by atoms with Crippen molar-refractivity contribution in [2.45, 2.75) is 19.4 Å². The molecular weight excluding hydrogens is 422 g/mol. The number of anilines is 2. The summed E-state index contributed by atoms with van der Waals surface area (Å²) in [6, 6.07) is 21.7. The number of hydrogen-bond acceptors (Lipinski definition) is 4. The second-order valence-electron chi connectivity index (χ2n) is 8.48. The molecule has 1 N–H and O–H groups in total. The number of carbonyl (C=O) groups is 1. The van der Waals surface area contributed by atoms with Crippen LogP contribution in [0.3, 0.4) is 0 Å². The van der Waals surface area contributed by atoms with Crippen molar-refractivity contribution in [2.75, 3.05) is 36.0 Å². The molecule has 0 radical (unpaired) electrons. The molecule has 0 bridgehead atoms. The normalized spacial score (nSPS) is 17.2. The van der Waals surface area contributed by atoms with Crippen molar-refractivity contribution in [2.24, 2.45) is 5.92 Å². The summed E-state index contributed by atoms with van der Waals surface area (Å²) in [6.07, 6.45) is 2.98. The maximum absolute atomic E-state index is 13.0. The van der Waals surface area contributed by atoms with E-state index in [-0.39, 0.29) is 11.8 Å². The van der Waals surface area contributed by atoms with Gasteiger partial charge in [-0.1, -0.05) is 48.5 Å². The number of nitrogens with one attached hydrogen (secondary N) is 1. The Labute approximate surface area is 189 Å². The van der Waals surface area contributed by atoms with Gasteiger partial charge in [0.25, 0.3) is 0 Å². The zero-order valence-electron chi connectivity index (χ0n) is 18.5. The molecular formula is C25H29N3O3S. The molecule has 1 aliphatic heterocycles. The van der Waals surface area contributed by atoms with E-state index in [1.54, 1.807) is 24.3 Å². The largest absolute Gasteiger partial charge is 0.326 e. The van der Waals surface area contributed by atoms with E-state index < -0.39 is 10.0 Å². The Balaban J connectivity index is 1.43. The minimum atomic E-state index is -3.36. The fraction of sp³-hybridized carbons (Fsp3) is 0.320. The van der Waals surface area contributed by atoms with E-state index in [4.69, 9.17) is 0 Å². The summed E-state index contributed by atoms with van der Waals surface area (Å²) < 4.78 is 24.8. The molecule has 0 aromatic heterocycles. The summed E-state index contributed by atoms with van der Waals surface area (Å²) in [6.45, 7) is 2.50. The summed E-state index contributed by atoms with van der Waals surface area (Å²) in [4.78, 5) is 15.3. The van der Waals surface area contributed by atoms with Gasteiger partial charge in [-0.3, -0.25) is 14.0 Å². The van der Waals surface area contributed by atoms with Crippen molar-refractivity contribution in [3.05, 3.63) is 72.3 Å². The van der Waals surface area contributed by atoms with Crippen LogP contribution in [0.1, 0.15) is 18.4 Å². The van der Waals surface area contributed by atoms with Crippen molar-refractivity contribution in [3.8, 4) is 0 Å². The predicted octanol–water partition coefficient (Wildman–Crippen LogP) is 4.09. The third kappa shape index (κ3) is 5.11. The summed E-state index contributed by atoms with van der Waals surface area (Å²) in [5.41, 5.74) is 2.40. The van der Waals surface area contributed by atoms with Crippen LogP contribution in [-0.2, 0) is 21.4 Å². The number of carbonyl (C=O) groups excluding carboxylic acids is 1. The van der Waals surface area contributed by atoms with Gasteiger partial charge in [0, 0.05) is 25.8 Å². The Kier molecular flexibility index (Phi) is 6.48. The van der Waals surface area contributed by atoms with Gasteiger partial charge in [0.2, 0.25) is 15.9 Å². The fourth-order valence-corrected chi connectivity index (χ4v) is 4.80. The number of likely N-dealkylation sites (tertiary alicyclic amines) is 1. The first-order valence-electron chi connectivity index (χ1n) is 10.8. The first kappa shape index (κ1) is 22.3. The van der Waals surface area contributed by atoms with E-state index in [9.17, 15) is 13.2 Å². The molecule has 32 heavy (non-hydrogen) atoms. The molecule has 1 unspecified atom stereocenters. The summed E-state index contributed by atoms with van der Waals surface area (Å²) >= 11 is 0. The smallest absolute Gasteiger partial charge is 0.231 e. The minimum Gasteiger partial charge on any atom is -0.326 e. The molecule has 168 valence electrons. The van der Waals surface area contributed by atoms with Crippen LogP contribution < -0.4 is 9.62 Å². The number of rotatable bonds is 6. The third-order valence-corrected chi connectivity index (χ3v) is 7.33. The maximum Gasteiger partial charge on any atom is 0.231 e. The van der Waals surface area contributed by atoms with E-state index in [0.29, 0.717) is 17.9 Å². The molecule has 1 aliphatic rings. The second-order valence-corrected chi connectivity index (χ2v) is 10.5. The zero-order chi connectivity index (χ0) is 22.7. The van der Waals surface area contributed by atoms with Gasteiger partial charge in [-0.05, 0) is 53.9 Å². The molecule has 3 aromatic rings. The van der Waals surface area contributed by atoms with Gasteiger partial charge < -0.3 is 5.32 Å². The van der Waals surface area contributed by atoms with Gasteiger partial charge in [0.05, 0.1) is 17.9 Å². The van der Waals surface area contributed by atoms with E-state index in [2.05, 4.69) is 52.7 Å². The Morgan fingerprint density at radius 3 is 2.66 bits per heavy atom. The molecule has 1 amide bonds. The average molecular weight is 452 g/mol. The molecule has 0 spiro atoms. The first-order chi connectivity index (χ1) is 15.3. The number of piperidine rings is 1. The third-order valence-electron chi connectivity index (χ3n) is 6.12. The van der Waals surface area contributed by atoms with Crippen LogP contribution >= 0.6 is 0 Å². The maximum atomic E-state index is 13.0. The molecule has 7 heteroatoms. The molecule has 1 heterocycles. The molecule has 1 fully saturated rings. The van der Waals surface area contributed by atoms with Crippen LogP contribution in [0.15, 0.2) is 66.7 Å². The van der Waals surface area contributed by atoms with E-state index >= 15 is 0 Å². The lowest BCUT2D eigenvalue weighted by Gasteiger charge is -2.32. The van der Waals surface area contributed by atoms with Crippen LogP contribution in [0.25, 0.3) is 10.8 Å². The zero-order valence-corrected chi connectivity index (χ0v) is 19.3. The highest BCUT2D eigenvalue weighted by molar-refractivity contribution is 7.92. The summed E-state index contributed by atoms with van der Waals surface area (Å²) in [5.74, 6) is -0.123. The van der Waals surface area contributed by atoms with Crippen LogP contribution in [0, 0.1) is 5.92 Å². The topological polar surface area (TPSA) is 69.7 Å². The minimum absolute atomic E-state index is 0.0215. The molecule has 3 aromatic carbocycles. The number of hydrogen-bond donors (Lipinski definition) is 1. The van der Waals surface area contributed by atoms with E-state index in [1.165, 1.54) is 27.7 Å². The number of amides is 1. The van der Waals surface area contributed by atoms with Crippen molar-refractivity contribution in [1.82, 2.24) is 4.90 Å². The van der Waals surface area contributed by atoms with Gasteiger partial charge in [0.1, 0.15) is 0 Å². The van der Waals surface area contributed by atoms with E-state index in [1.807, 2.05) is 0 Å². The lowest BCUT2D eigenvalue weighted by molar-refractivity contribution is -0.121. The number of sulfonamides is 1. The molecule has 6 nitrogen and oxygen atoms in total. The van der Waals surface area contributed by atoms with Gasteiger partial charge >= 0.3 is 0 Å². The van der Waals surface area contributed by atoms with Crippen molar-refractivity contribution < 1.29 is 13.2 Å². The van der Waals surface area contributed by atoms with Crippen molar-refractivity contribution in [3.63, 3.8) is 0 Å². The van der Waals surface area contributed by atoms with Crippen LogP contribution in [0.4, 0.5) is 11.4 Å². The summed E-state index contributed by atoms with van der Waals surface area (Å²) in [5, 5.41) is 5.47. The molecule has 0 aliphatic carbocycles. The summed E-state index contributed by atoms with van der Waals surface area (Å²) in [7, 11) is -1.86. The quantitative estimate of drug-likeness (QED) is 0.613. The Bertz CT molecular complexity index is 1220. The van der Waals surface area contributed by atoms with Gasteiger partial charge in [0.15, 0.2) is 0 Å². The average Bonchev–Trinajstić information content (AvgIpc) is 2.78. The fourth-order valence-electron chi connectivity index (χ4n) is 4.30. The molecule has 1 atom stereocenters. The van der Waals surface area contributed by atoms with Gasteiger partial charge in [-0.25, -0.2) is 8.42 Å². The van der Waals surface area contributed by atoms with E-state index in [0.717, 1.165) is 32.2 Å². The number of fused-ring (bicyclic) bond motifs is 1. The Morgan fingerprint density at radius 1 is 1.09 bits per heavy atom. The molecule has 0 saturated carbocycles. The SMILES string of the molecule is CN(c1cccc(NC(=O)C2CCCN(Cc3cccc4ccccc34)C2)c1)S(C)(=O)=O. The van der Waals surface area contributed by atoms with Crippen LogP contribution in [-0.4, -0.2) is 45.6 Å². The monoisotopic (exact) mass is 451 g/mol. The predicted molar refractivity (Wildman–Crippen MR) is 130 cm³/mol. The van der Waals surface area contributed by atoms with Crippen molar-refractivity contribution >= 4 is 38.1 Å². The number of benzene rings is 3. The number of nitrogens with zero attached hydrogens (tertiary/aromatic N) is 2. The van der Waals surface area contributed by atoms with Crippen LogP contribution in [0.2, 0.25) is 0 Å². The van der Waals surface area contributed by atoms with Gasteiger partial charge in [-0.15, -0.1) is 0 Å². The van der Waals surface area contributed by atoms with Crippen LogP contribution in [0.5, 0.6) is 0 Å². The Morgan fingerprint density at radius 2 is 1.84 bits per heavy atom. The lowest BCUT2D eigenvalue weighted by Crippen LogP contribution is -2.40. The first-order valence-corrected chi connectivity index (χ1v) is 12.7. The Hall–Kier alpha value is -2.90. The highest BCUT2D eigenvalue weighted by atomic mass is 32.2. The standard InChI is InChI=1S/C25H29N3O3S/c1-27(32(2,30)31)23-13-6-12-22(16-23)26-25(29)21-11-7-15-28(18-21)17-20-10-5-9-19-8-3-4-14-24(19)20/h3-6,8-10,12-14,16,21H,7,11,15,17-18H2,1-2H3,(H,26,29).